The Hall–Kier alpha value is -2.41. The summed E-state index contributed by atoms with van der Waals surface area (Å²) >= 11 is 6.04. The first-order valence-electron chi connectivity index (χ1n) is 9.77. The number of aryl methyl sites for hydroxylation is 1. The zero-order valence-electron chi connectivity index (χ0n) is 16.5. The summed E-state index contributed by atoms with van der Waals surface area (Å²) in [4.78, 5) is 26.3. The molecule has 1 aliphatic rings. The molecule has 1 aliphatic heterocycles. The number of halogens is 1. The summed E-state index contributed by atoms with van der Waals surface area (Å²) in [5.74, 6) is -1.34. The summed E-state index contributed by atoms with van der Waals surface area (Å²) in [5.41, 5.74) is 2.59. The van der Waals surface area contributed by atoms with Crippen molar-refractivity contribution < 1.29 is 14.3 Å². The molecule has 6 nitrogen and oxygen atoms in total. The second kappa shape index (κ2) is 10.4. The van der Waals surface area contributed by atoms with E-state index < -0.39 is 11.8 Å². The summed E-state index contributed by atoms with van der Waals surface area (Å²) < 4.78 is 5.87. The minimum Gasteiger partial charge on any atom is -0.371 e. The van der Waals surface area contributed by atoms with E-state index in [9.17, 15) is 9.59 Å². The largest absolute Gasteiger partial charge is 0.371 e. The molecule has 154 valence electrons. The molecular weight excluding hydrogens is 390 g/mol. The van der Waals surface area contributed by atoms with Gasteiger partial charge in [-0.1, -0.05) is 48.0 Å². The van der Waals surface area contributed by atoms with E-state index in [0.29, 0.717) is 23.9 Å². The lowest BCUT2D eigenvalue weighted by Crippen LogP contribution is -2.41. The molecule has 2 aromatic carbocycles. The van der Waals surface area contributed by atoms with Crippen molar-refractivity contribution in [1.82, 2.24) is 10.2 Å². The second-order valence-electron chi connectivity index (χ2n) is 7.10. The Morgan fingerprint density at radius 2 is 1.97 bits per heavy atom. The number of amides is 2. The van der Waals surface area contributed by atoms with E-state index in [2.05, 4.69) is 27.7 Å². The van der Waals surface area contributed by atoms with Gasteiger partial charge in [-0.05, 0) is 36.6 Å². The van der Waals surface area contributed by atoms with E-state index >= 15 is 0 Å². The second-order valence-corrected chi connectivity index (χ2v) is 7.51. The molecule has 1 heterocycles. The molecule has 3 rings (SSSR count). The fourth-order valence-corrected chi connectivity index (χ4v) is 3.40. The number of hydrogen-bond donors (Lipinski definition) is 2. The molecule has 2 aromatic rings. The van der Waals surface area contributed by atoms with Gasteiger partial charge in [-0.25, -0.2) is 0 Å². The Kier molecular flexibility index (Phi) is 7.63. The Morgan fingerprint density at radius 1 is 1.17 bits per heavy atom. The van der Waals surface area contributed by atoms with Crippen molar-refractivity contribution in [1.29, 1.82) is 0 Å². The summed E-state index contributed by atoms with van der Waals surface area (Å²) in [6.07, 6.45) is 0.836. The Labute approximate surface area is 176 Å². The first-order valence-corrected chi connectivity index (χ1v) is 10.1. The standard InChI is InChI=1S/C22H26ClN3O3/c1-16-8-9-18(14-19(16)23)25-22(28)21(27)24-10-5-11-26-12-13-29-20(15-26)17-6-3-2-4-7-17/h2-4,6-9,14,20H,5,10-13,15H2,1H3,(H,24,27)(H,25,28)/t20-/m1/s1. The van der Waals surface area contributed by atoms with E-state index in [0.717, 1.165) is 31.6 Å². The van der Waals surface area contributed by atoms with Gasteiger partial charge in [-0.2, -0.15) is 0 Å². The van der Waals surface area contributed by atoms with Gasteiger partial charge in [-0.3, -0.25) is 14.5 Å². The molecule has 0 aliphatic carbocycles. The van der Waals surface area contributed by atoms with Crippen molar-refractivity contribution in [2.75, 3.05) is 38.1 Å². The van der Waals surface area contributed by atoms with Gasteiger partial charge in [0.05, 0.1) is 12.7 Å². The zero-order chi connectivity index (χ0) is 20.6. The number of anilines is 1. The van der Waals surface area contributed by atoms with Crippen molar-refractivity contribution in [3.8, 4) is 0 Å². The molecule has 2 N–H and O–H groups in total. The van der Waals surface area contributed by atoms with Crippen LogP contribution in [0.1, 0.15) is 23.7 Å². The number of hydrogen-bond acceptors (Lipinski definition) is 4. The highest BCUT2D eigenvalue weighted by atomic mass is 35.5. The average Bonchev–Trinajstić information content (AvgIpc) is 2.74. The van der Waals surface area contributed by atoms with Crippen LogP contribution in [-0.2, 0) is 14.3 Å². The summed E-state index contributed by atoms with van der Waals surface area (Å²) in [6, 6.07) is 15.3. The monoisotopic (exact) mass is 415 g/mol. The lowest BCUT2D eigenvalue weighted by Gasteiger charge is -2.33. The molecule has 0 saturated carbocycles. The molecule has 1 fully saturated rings. The van der Waals surface area contributed by atoms with Crippen LogP contribution in [0.5, 0.6) is 0 Å². The fourth-order valence-electron chi connectivity index (χ4n) is 3.22. The van der Waals surface area contributed by atoms with Crippen LogP contribution in [0, 0.1) is 6.92 Å². The van der Waals surface area contributed by atoms with Crippen molar-refractivity contribution in [3.05, 3.63) is 64.7 Å². The number of morpholine rings is 1. The van der Waals surface area contributed by atoms with E-state index in [-0.39, 0.29) is 6.10 Å². The number of rotatable bonds is 6. The minimum atomic E-state index is -0.694. The maximum Gasteiger partial charge on any atom is 0.313 e. The van der Waals surface area contributed by atoms with E-state index in [1.54, 1.807) is 18.2 Å². The van der Waals surface area contributed by atoms with Crippen LogP contribution in [0.4, 0.5) is 5.69 Å². The predicted octanol–water partition coefficient (Wildman–Crippen LogP) is 3.17. The number of nitrogens with zero attached hydrogens (tertiary/aromatic N) is 1. The Morgan fingerprint density at radius 3 is 2.72 bits per heavy atom. The van der Waals surface area contributed by atoms with Crippen LogP contribution < -0.4 is 10.6 Å². The summed E-state index contributed by atoms with van der Waals surface area (Å²) in [6.45, 7) is 5.53. The number of carbonyl (C=O) groups is 2. The lowest BCUT2D eigenvalue weighted by atomic mass is 10.1. The molecule has 0 unspecified atom stereocenters. The Bertz CT molecular complexity index is 844. The third kappa shape index (κ3) is 6.29. The van der Waals surface area contributed by atoms with Gasteiger partial charge in [0.2, 0.25) is 0 Å². The van der Waals surface area contributed by atoms with Crippen LogP contribution in [-0.4, -0.2) is 49.5 Å². The topological polar surface area (TPSA) is 70.7 Å². The van der Waals surface area contributed by atoms with E-state index in [1.165, 1.54) is 5.56 Å². The molecule has 1 saturated heterocycles. The third-order valence-electron chi connectivity index (χ3n) is 4.89. The molecule has 0 aromatic heterocycles. The molecule has 2 amide bonds. The highest BCUT2D eigenvalue weighted by Gasteiger charge is 2.21. The van der Waals surface area contributed by atoms with Crippen molar-refractivity contribution in [2.24, 2.45) is 0 Å². The van der Waals surface area contributed by atoms with Crippen molar-refractivity contribution in [3.63, 3.8) is 0 Å². The highest BCUT2D eigenvalue weighted by Crippen LogP contribution is 2.22. The Balaban J connectivity index is 1.37. The van der Waals surface area contributed by atoms with Gasteiger partial charge in [0, 0.05) is 36.9 Å². The quantitative estimate of drug-likeness (QED) is 0.561. The summed E-state index contributed by atoms with van der Waals surface area (Å²) in [7, 11) is 0. The summed E-state index contributed by atoms with van der Waals surface area (Å²) in [5, 5.41) is 5.77. The van der Waals surface area contributed by atoms with Crippen LogP contribution in [0.3, 0.4) is 0 Å². The third-order valence-corrected chi connectivity index (χ3v) is 5.30. The maximum atomic E-state index is 12.0. The predicted molar refractivity (Wildman–Crippen MR) is 114 cm³/mol. The highest BCUT2D eigenvalue weighted by molar-refractivity contribution is 6.39. The van der Waals surface area contributed by atoms with E-state index in [4.69, 9.17) is 16.3 Å². The SMILES string of the molecule is Cc1ccc(NC(=O)C(=O)NCCCN2CCO[C@@H](c3ccccc3)C2)cc1Cl. The number of nitrogens with one attached hydrogen (secondary N) is 2. The smallest absolute Gasteiger partial charge is 0.313 e. The number of benzene rings is 2. The van der Waals surface area contributed by atoms with Crippen molar-refractivity contribution in [2.45, 2.75) is 19.4 Å². The lowest BCUT2D eigenvalue weighted by molar-refractivity contribution is -0.136. The van der Waals surface area contributed by atoms with Gasteiger partial charge >= 0.3 is 11.8 Å². The first-order chi connectivity index (χ1) is 14.0. The number of carbonyl (C=O) groups excluding carboxylic acids is 2. The van der Waals surface area contributed by atoms with Gasteiger partial charge in [0.15, 0.2) is 0 Å². The van der Waals surface area contributed by atoms with Crippen LogP contribution in [0.15, 0.2) is 48.5 Å². The molecular formula is C22H26ClN3O3. The van der Waals surface area contributed by atoms with Gasteiger partial charge in [0.25, 0.3) is 0 Å². The van der Waals surface area contributed by atoms with Crippen LogP contribution in [0.2, 0.25) is 5.02 Å². The van der Waals surface area contributed by atoms with Crippen LogP contribution in [0.25, 0.3) is 0 Å². The number of ether oxygens (including phenoxy) is 1. The average molecular weight is 416 g/mol. The van der Waals surface area contributed by atoms with Crippen molar-refractivity contribution >= 4 is 29.1 Å². The maximum absolute atomic E-state index is 12.0. The van der Waals surface area contributed by atoms with Crippen LogP contribution >= 0.6 is 11.6 Å². The first kappa shape index (κ1) is 21.3. The fraction of sp³-hybridized carbons (Fsp3) is 0.364. The van der Waals surface area contributed by atoms with Gasteiger partial charge < -0.3 is 15.4 Å². The molecule has 0 radical (unpaired) electrons. The molecule has 7 heteroatoms. The normalized spacial score (nSPS) is 17.0. The molecule has 29 heavy (non-hydrogen) atoms. The van der Waals surface area contributed by atoms with Gasteiger partial charge in [-0.15, -0.1) is 0 Å². The van der Waals surface area contributed by atoms with E-state index in [1.807, 2.05) is 25.1 Å². The molecule has 0 bridgehead atoms. The van der Waals surface area contributed by atoms with Gasteiger partial charge in [0.1, 0.15) is 0 Å². The molecule has 1 atom stereocenters. The zero-order valence-corrected chi connectivity index (χ0v) is 17.2. The minimum absolute atomic E-state index is 0.0756. The molecule has 0 spiro atoms.